The number of benzene rings is 1. The number of hydrogen-bond acceptors (Lipinski definition) is 2. The van der Waals surface area contributed by atoms with Gasteiger partial charge in [0, 0.05) is 5.69 Å². The largest absolute Gasteiger partial charge is 0.368 e. The highest BCUT2D eigenvalue weighted by molar-refractivity contribution is 5.95. The number of aryl methyl sites for hydroxylation is 2. The van der Waals surface area contributed by atoms with Gasteiger partial charge in [-0.25, -0.2) is 0 Å². The van der Waals surface area contributed by atoms with Gasteiger partial charge < -0.3 is 10.1 Å². The van der Waals surface area contributed by atoms with Gasteiger partial charge in [0.05, 0.1) is 6.61 Å². The lowest BCUT2D eigenvalue weighted by Crippen LogP contribution is -2.29. The molecule has 1 amide bonds. The number of ether oxygens (including phenoxy) is 1. The summed E-state index contributed by atoms with van der Waals surface area (Å²) < 4.78 is 5.48. The highest BCUT2D eigenvalue weighted by Crippen LogP contribution is 2.22. The number of hydrogen-bond donors (Lipinski definition) is 1. The Morgan fingerprint density at radius 2 is 1.95 bits per heavy atom. The molecule has 110 valence electrons. The van der Waals surface area contributed by atoms with Gasteiger partial charge in [-0.05, 0) is 37.3 Å². The highest BCUT2D eigenvalue weighted by atomic mass is 16.5. The number of anilines is 1. The number of para-hydroxylation sites is 1. The quantitative estimate of drug-likeness (QED) is 0.580. The third kappa shape index (κ3) is 4.49. The minimum absolute atomic E-state index is 0.0929. The lowest BCUT2D eigenvalue weighted by molar-refractivity contribution is -0.126. The molecule has 3 heteroatoms. The van der Waals surface area contributed by atoms with E-state index in [1.807, 2.05) is 6.07 Å². The summed E-state index contributed by atoms with van der Waals surface area (Å²) >= 11 is 0. The van der Waals surface area contributed by atoms with E-state index in [9.17, 15) is 4.79 Å². The summed E-state index contributed by atoms with van der Waals surface area (Å²) in [6.07, 6.45) is 3.88. The lowest BCUT2D eigenvalue weighted by Gasteiger charge is -2.17. The van der Waals surface area contributed by atoms with E-state index in [-0.39, 0.29) is 5.91 Å². The van der Waals surface area contributed by atoms with E-state index < -0.39 is 6.10 Å². The van der Waals surface area contributed by atoms with Gasteiger partial charge in [-0.2, -0.15) is 0 Å². The van der Waals surface area contributed by atoms with Gasteiger partial charge in [0.2, 0.25) is 0 Å². The van der Waals surface area contributed by atoms with E-state index in [2.05, 4.69) is 37.9 Å². The van der Waals surface area contributed by atoms with Crippen LogP contribution in [0.4, 0.5) is 5.69 Å². The van der Waals surface area contributed by atoms with Crippen molar-refractivity contribution in [1.29, 1.82) is 0 Å². The maximum Gasteiger partial charge on any atom is 0.253 e. The molecule has 1 unspecified atom stereocenters. The van der Waals surface area contributed by atoms with E-state index in [4.69, 9.17) is 4.74 Å². The number of nitrogens with one attached hydrogen (secondary N) is 1. The predicted octanol–water partition coefficient (Wildman–Crippen LogP) is 3.73. The SMILES string of the molecule is C=CCCOC(C)C(=O)Nc1c(CC)cccc1CC. The predicted molar refractivity (Wildman–Crippen MR) is 84.1 cm³/mol. The van der Waals surface area contributed by atoms with Crippen LogP contribution in [0.15, 0.2) is 30.9 Å². The Morgan fingerprint density at radius 3 is 2.45 bits per heavy atom. The Labute approximate surface area is 122 Å². The van der Waals surface area contributed by atoms with Crippen LogP contribution in [-0.4, -0.2) is 18.6 Å². The zero-order valence-corrected chi connectivity index (χ0v) is 12.7. The Balaban J connectivity index is 2.76. The van der Waals surface area contributed by atoms with Gasteiger partial charge in [-0.15, -0.1) is 6.58 Å². The zero-order valence-electron chi connectivity index (χ0n) is 12.7. The number of carbonyl (C=O) groups excluding carboxylic acids is 1. The first-order valence-corrected chi connectivity index (χ1v) is 7.28. The van der Waals surface area contributed by atoms with E-state index >= 15 is 0 Å². The van der Waals surface area contributed by atoms with Crippen LogP contribution in [0.5, 0.6) is 0 Å². The first-order chi connectivity index (χ1) is 9.63. The van der Waals surface area contributed by atoms with Crippen LogP contribution in [0.2, 0.25) is 0 Å². The van der Waals surface area contributed by atoms with E-state index in [0.717, 1.165) is 36.1 Å². The van der Waals surface area contributed by atoms with Crippen molar-refractivity contribution >= 4 is 11.6 Å². The van der Waals surface area contributed by atoms with Crippen LogP contribution in [-0.2, 0) is 22.4 Å². The van der Waals surface area contributed by atoms with Gasteiger partial charge in [0.1, 0.15) is 6.10 Å². The molecular formula is C17H25NO2. The summed E-state index contributed by atoms with van der Waals surface area (Å²) in [5.41, 5.74) is 3.27. The van der Waals surface area contributed by atoms with Gasteiger partial charge in [-0.1, -0.05) is 38.1 Å². The fourth-order valence-corrected chi connectivity index (χ4v) is 2.03. The second kappa shape index (κ2) is 8.54. The smallest absolute Gasteiger partial charge is 0.253 e. The van der Waals surface area contributed by atoms with Crippen molar-refractivity contribution in [2.45, 2.75) is 46.1 Å². The van der Waals surface area contributed by atoms with Crippen molar-refractivity contribution in [2.75, 3.05) is 11.9 Å². The molecule has 3 nitrogen and oxygen atoms in total. The molecule has 0 fully saturated rings. The molecule has 0 bridgehead atoms. The number of rotatable bonds is 8. The summed E-state index contributed by atoms with van der Waals surface area (Å²) in [5, 5.41) is 3.02. The molecule has 1 aromatic rings. The average molecular weight is 275 g/mol. The van der Waals surface area contributed by atoms with Gasteiger partial charge in [-0.3, -0.25) is 4.79 Å². The van der Waals surface area contributed by atoms with Gasteiger partial charge in [0.25, 0.3) is 5.91 Å². The van der Waals surface area contributed by atoms with E-state index in [1.54, 1.807) is 13.0 Å². The normalized spacial score (nSPS) is 11.9. The van der Waals surface area contributed by atoms with Crippen molar-refractivity contribution in [3.05, 3.63) is 42.0 Å². The molecule has 1 N–H and O–H groups in total. The second-order valence-electron chi connectivity index (χ2n) is 4.74. The maximum absolute atomic E-state index is 12.2. The molecule has 0 radical (unpaired) electrons. The molecule has 0 spiro atoms. The van der Waals surface area contributed by atoms with E-state index in [0.29, 0.717) is 6.61 Å². The molecular weight excluding hydrogens is 250 g/mol. The van der Waals surface area contributed by atoms with Crippen LogP contribution < -0.4 is 5.32 Å². The van der Waals surface area contributed by atoms with Gasteiger partial charge in [0.15, 0.2) is 0 Å². The topological polar surface area (TPSA) is 38.3 Å². The second-order valence-corrected chi connectivity index (χ2v) is 4.74. The molecule has 0 saturated heterocycles. The highest BCUT2D eigenvalue weighted by Gasteiger charge is 2.16. The summed E-state index contributed by atoms with van der Waals surface area (Å²) in [7, 11) is 0. The summed E-state index contributed by atoms with van der Waals surface area (Å²) in [4.78, 5) is 12.2. The van der Waals surface area contributed by atoms with E-state index in [1.165, 1.54) is 0 Å². The van der Waals surface area contributed by atoms with Crippen LogP contribution in [0.3, 0.4) is 0 Å². The van der Waals surface area contributed by atoms with Crippen molar-refractivity contribution in [3.63, 3.8) is 0 Å². The van der Waals surface area contributed by atoms with Crippen molar-refractivity contribution in [1.82, 2.24) is 0 Å². The minimum Gasteiger partial charge on any atom is -0.368 e. The molecule has 0 aliphatic rings. The summed E-state index contributed by atoms with van der Waals surface area (Å²) in [5.74, 6) is -0.0929. The molecule has 1 atom stereocenters. The Hall–Kier alpha value is -1.61. The Bertz CT molecular complexity index is 432. The maximum atomic E-state index is 12.2. The van der Waals surface area contributed by atoms with Crippen molar-refractivity contribution in [3.8, 4) is 0 Å². The molecule has 0 aliphatic carbocycles. The summed E-state index contributed by atoms with van der Waals surface area (Å²) in [6.45, 7) is 10.1. The molecule has 1 rings (SSSR count). The first kappa shape index (κ1) is 16.4. The monoisotopic (exact) mass is 275 g/mol. The Morgan fingerprint density at radius 1 is 1.35 bits per heavy atom. The lowest BCUT2D eigenvalue weighted by atomic mass is 10.0. The molecule has 20 heavy (non-hydrogen) atoms. The molecule has 0 saturated carbocycles. The van der Waals surface area contributed by atoms with Crippen LogP contribution in [0.1, 0.15) is 38.3 Å². The molecule has 0 aliphatic heterocycles. The number of amides is 1. The fourth-order valence-electron chi connectivity index (χ4n) is 2.03. The molecule has 0 aromatic heterocycles. The van der Waals surface area contributed by atoms with Crippen molar-refractivity contribution < 1.29 is 9.53 Å². The third-order valence-corrected chi connectivity index (χ3v) is 3.31. The Kier molecular flexibility index (Phi) is 7.02. The number of carbonyl (C=O) groups is 1. The third-order valence-electron chi connectivity index (χ3n) is 3.31. The van der Waals surface area contributed by atoms with Gasteiger partial charge >= 0.3 is 0 Å². The minimum atomic E-state index is -0.454. The molecule has 1 aromatic carbocycles. The van der Waals surface area contributed by atoms with Crippen molar-refractivity contribution in [2.24, 2.45) is 0 Å². The van der Waals surface area contributed by atoms with Crippen LogP contribution in [0.25, 0.3) is 0 Å². The average Bonchev–Trinajstić information content (AvgIpc) is 2.47. The first-order valence-electron chi connectivity index (χ1n) is 7.28. The summed E-state index contributed by atoms with van der Waals surface area (Å²) in [6, 6.07) is 6.15. The standard InChI is InChI=1S/C17H25NO2/c1-5-8-12-20-13(4)17(19)18-16-14(6-2)10-9-11-15(16)7-3/h5,9-11,13H,1,6-8,12H2,2-4H3,(H,18,19). The zero-order chi connectivity index (χ0) is 15.0. The van der Waals surface area contributed by atoms with Crippen LogP contribution in [0, 0.1) is 0 Å². The fraction of sp³-hybridized carbons (Fsp3) is 0.471. The molecule has 0 heterocycles. The van der Waals surface area contributed by atoms with Crippen LogP contribution >= 0.6 is 0 Å².